The maximum Gasteiger partial charge on any atom is 0.0645 e. The predicted molar refractivity (Wildman–Crippen MR) is 97.0 cm³/mol. The molecule has 0 bridgehead atoms. The molecule has 0 nitrogen and oxygen atoms in total. The average Bonchev–Trinajstić information content (AvgIpc) is 2.45. The van der Waals surface area contributed by atoms with E-state index in [1.165, 1.54) is 11.1 Å². The summed E-state index contributed by atoms with van der Waals surface area (Å²) in [5.74, 6) is 0. The second kappa shape index (κ2) is 6.73. The fraction of sp³-hybridized carbons (Fsp3) is 0.333. The second-order valence-corrected chi connectivity index (χ2v) is 7.71. The van der Waals surface area contributed by atoms with E-state index in [-0.39, 0.29) is 10.2 Å². The topological polar surface area (TPSA) is 0 Å². The van der Waals surface area contributed by atoms with Crippen molar-refractivity contribution in [2.24, 2.45) is 0 Å². The van der Waals surface area contributed by atoms with Gasteiger partial charge in [0.15, 0.2) is 0 Å². The van der Waals surface area contributed by atoms with E-state index in [1.807, 2.05) is 12.1 Å². The highest BCUT2D eigenvalue weighted by molar-refractivity contribution is 9.09. The molecule has 0 N–H and O–H groups in total. The third-order valence-electron chi connectivity index (χ3n) is 4.05. The number of benzene rings is 2. The van der Waals surface area contributed by atoms with E-state index in [0.29, 0.717) is 10.0 Å². The van der Waals surface area contributed by atoms with Crippen molar-refractivity contribution in [2.45, 2.75) is 37.4 Å². The van der Waals surface area contributed by atoms with Crippen molar-refractivity contribution in [1.82, 2.24) is 0 Å². The van der Waals surface area contributed by atoms with Gasteiger partial charge in [-0.3, -0.25) is 0 Å². The lowest BCUT2D eigenvalue weighted by molar-refractivity contribution is 0.506. The summed E-state index contributed by atoms with van der Waals surface area (Å²) in [7, 11) is 0. The first kappa shape index (κ1) is 16.9. The minimum absolute atomic E-state index is 0.0903. The van der Waals surface area contributed by atoms with Crippen LogP contribution in [0.4, 0.5) is 0 Å². The Balaban J connectivity index is 2.30. The maximum atomic E-state index is 6.08. The Kier molecular flexibility index (Phi) is 5.40. The van der Waals surface area contributed by atoms with Gasteiger partial charge in [0.1, 0.15) is 0 Å². The molecule has 0 amide bonds. The zero-order valence-electron chi connectivity index (χ0n) is 12.5. The molecule has 21 heavy (non-hydrogen) atoms. The van der Waals surface area contributed by atoms with Gasteiger partial charge >= 0.3 is 0 Å². The number of hydrogen-bond acceptors (Lipinski definition) is 0. The molecule has 0 saturated carbocycles. The van der Waals surface area contributed by atoms with Gasteiger partial charge in [-0.25, -0.2) is 0 Å². The summed E-state index contributed by atoms with van der Waals surface area (Å²) in [4.78, 5) is 0.0903. The van der Waals surface area contributed by atoms with Gasteiger partial charge in [-0.05, 0) is 46.7 Å². The molecule has 0 aliphatic heterocycles. The van der Waals surface area contributed by atoms with Gasteiger partial charge in [-0.15, -0.1) is 0 Å². The predicted octanol–water partition coefficient (Wildman–Crippen LogP) is 7.17. The Morgan fingerprint density at radius 1 is 0.952 bits per heavy atom. The average molecular weight is 386 g/mol. The van der Waals surface area contributed by atoms with Crippen LogP contribution < -0.4 is 0 Å². The van der Waals surface area contributed by atoms with Crippen molar-refractivity contribution in [3.63, 3.8) is 0 Å². The molecule has 1 unspecified atom stereocenters. The highest BCUT2D eigenvalue weighted by atomic mass is 79.9. The molecular formula is C18H19BrCl2. The fourth-order valence-corrected chi connectivity index (χ4v) is 3.33. The van der Waals surface area contributed by atoms with Crippen LogP contribution in [0.3, 0.4) is 0 Å². The molecule has 112 valence electrons. The van der Waals surface area contributed by atoms with Gasteiger partial charge < -0.3 is 0 Å². The van der Waals surface area contributed by atoms with E-state index in [1.54, 1.807) is 6.07 Å². The molecule has 0 heterocycles. The van der Waals surface area contributed by atoms with E-state index in [0.717, 1.165) is 12.0 Å². The molecular weight excluding hydrogens is 367 g/mol. The highest BCUT2D eigenvalue weighted by Crippen LogP contribution is 2.35. The molecule has 0 aliphatic rings. The van der Waals surface area contributed by atoms with Crippen LogP contribution in [-0.4, -0.2) is 0 Å². The Morgan fingerprint density at radius 2 is 1.48 bits per heavy atom. The quantitative estimate of drug-likeness (QED) is 0.489. The van der Waals surface area contributed by atoms with Gasteiger partial charge in [-0.2, -0.15) is 0 Å². The van der Waals surface area contributed by atoms with Gasteiger partial charge in [0, 0.05) is 10.0 Å². The van der Waals surface area contributed by atoms with Gasteiger partial charge in [-0.1, -0.05) is 84.2 Å². The summed E-state index contributed by atoms with van der Waals surface area (Å²) in [5, 5.41) is 1.32. The van der Waals surface area contributed by atoms with Crippen LogP contribution in [-0.2, 0) is 5.41 Å². The molecule has 2 aromatic rings. The maximum absolute atomic E-state index is 6.08. The molecule has 0 aliphatic carbocycles. The fourth-order valence-electron chi connectivity index (χ4n) is 2.22. The smallest absolute Gasteiger partial charge is 0.0645 e. The van der Waals surface area contributed by atoms with Gasteiger partial charge in [0.25, 0.3) is 0 Å². The minimum Gasteiger partial charge on any atom is -0.0843 e. The van der Waals surface area contributed by atoms with Crippen LogP contribution in [0.25, 0.3) is 0 Å². The van der Waals surface area contributed by atoms with E-state index < -0.39 is 0 Å². The zero-order valence-corrected chi connectivity index (χ0v) is 15.6. The summed E-state index contributed by atoms with van der Waals surface area (Å²) in [5.41, 5.74) is 3.83. The van der Waals surface area contributed by atoms with Crippen molar-refractivity contribution in [3.05, 3.63) is 69.2 Å². The molecule has 0 radical (unpaired) electrons. The molecule has 0 fully saturated rings. The summed E-state index contributed by atoms with van der Waals surface area (Å²) in [6, 6.07) is 14.4. The summed E-state index contributed by atoms with van der Waals surface area (Å²) in [6.45, 7) is 6.75. The SMILES string of the molecule is CCC(C)(C)c1ccc(C(Br)c2cc(Cl)cc(Cl)c2)cc1. The number of halogens is 3. The van der Waals surface area contributed by atoms with Crippen LogP contribution in [0.1, 0.15) is 48.7 Å². The van der Waals surface area contributed by atoms with Gasteiger partial charge in [0.05, 0.1) is 4.83 Å². The van der Waals surface area contributed by atoms with Crippen LogP contribution in [0, 0.1) is 0 Å². The Morgan fingerprint density at radius 3 is 1.95 bits per heavy atom. The number of hydrogen-bond donors (Lipinski definition) is 0. The van der Waals surface area contributed by atoms with Crippen molar-refractivity contribution < 1.29 is 0 Å². The monoisotopic (exact) mass is 384 g/mol. The number of alkyl halides is 1. The second-order valence-electron chi connectivity index (χ2n) is 5.92. The molecule has 3 heteroatoms. The van der Waals surface area contributed by atoms with Crippen molar-refractivity contribution >= 4 is 39.1 Å². The zero-order chi connectivity index (χ0) is 15.6. The van der Waals surface area contributed by atoms with E-state index in [2.05, 4.69) is 61.0 Å². The van der Waals surface area contributed by atoms with Gasteiger partial charge in [0.2, 0.25) is 0 Å². The Hall–Kier alpha value is -0.500. The molecule has 1 atom stereocenters. The standard InChI is InChI=1S/C18H19BrCl2/c1-4-18(2,3)14-7-5-12(6-8-14)17(19)13-9-15(20)11-16(21)10-13/h5-11,17H,4H2,1-3H3. The van der Waals surface area contributed by atoms with E-state index >= 15 is 0 Å². The lowest BCUT2D eigenvalue weighted by Crippen LogP contribution is -2.15. The first-order chi connectivity index (χ1) is 9.83. The molecule has 0 spiro atoms. The van der Waals surface area contributed by atoms with Crippen molar-refractivity contribution in [2.75, 3.05) is 0 Å². The lowest BCUT2D eigenvalue weighted by Gasteiger charge is -2.24. The first-order valence-corrected chi connectivity index (χ1v) is 8.71. The van der Waals surface area contributed by atoms with Crippen LogP contribution in [0.2, 0.25) is 10.0 Å². The normalized spacial score (nSPS) is 13.2. The summed E-state index contributed by atoms with van der Waals surface area (Å²) < 4.78 is 0. The molecule has 2 aromatic carbocycles. The Bertz CT molecular complexity index is 597. The first-order valence-electron chi connectivity index (χ1n) is 7.04. The van der Waals surface area contributed by atoms with E-state index in [9.17, 15) is 0 Å². The van der Waals surface area contributed by atoms with Crippen LogP contribution >= 0.6 is 39.1 Å². The molecule has 0 saturated heterocycles. The molecule has 0 aromatic heterocycles. The van der Waals surface area contributed by atoms with Crippen molar-refractivity contribution in [1.29, 1.82) is 0 Å². The van der Waals surface area contributed by atoms with Crippen LogP contribution in [0.5, 0.6) is 0 Å². The third-order valence-corrected chi connectivity index (χ3v) is 5.54. The minimum atomic E-state index is 0.0903. The van der Waals surface area contributed by atoms with E-state index in [4.69, 9.17) is 23.2 Å². The summed E-state index contributed by atoms with van der Waals surface area (Å²) in [6.07, 6.45) is 1.12. The highest BCUT2D eigenvalue weighted by Gasteiger charge is 2.19. The van der Waals surface area contributed by atoms with Crippen molar-refractivity contribution in [3.8, 4) is 0 Å². The lowest BCUT2D eigenvalue weighted by atomic mass is 9.82. The summed E-state index contributed by atoms with van der Waals surface area (Å²) >= 11 is 15.9. The third kappa shape index (κ3) is 4.03. The molecule has 2 rings (SSSR count). The number of rotatable bonds is 4. The largest absolute Gasteiger partial charge is 0.0843 e. The van der Waals surface area contributed by atoms with Crippen LogP contribution in [0.15, 0.2) is 42.5 Å². The Labute approximate surface area is 145 Å².